The first-order chi connectivity index (χ1) is 6.29. The maximum absolute atomic E-state index is 10.3. The van der Waals surface area contributed by atoms with Crippen LogP contribution in [0.25, 0.3) is 0 Å². The summed E-state index contributed by atoms with van der Waals surface area (Å²) in [4.78, 5) is 0. The van der Waals surface area contributed by atoms with Crippen LogP contribution in [0.3, 0.4) is 0 Å². The van der Waals surface area contributed by atoms with Crippen LogP contribution in [0.1, 0.15) is 44.9 Å². The second-order valence-corrected chi connectivity index (χ2v) is 5.87. The maximum atomic E-state index is 10.3. The van der Waals surface area contributed by atoms with Gasteiger partial charge in [-0.15, -0.1) is 0 Å². The summed E-state index contributed by atoms with van der Waals surface area (Å²) < 4.78 is 0. The summed E-state index contributed by atoms with van der Waals surface area (Å²) in [6, 6.07) is 0. The van der Waals surface area contributed by atoms with Crippen molar-refractivity contribution >= 4 is 11.8 Å². The highest BCUT2D eigenvalue weighted by molar-refractivity contribution is 7.99. The molecule has 0 spiro atoms. The highest BCUT2D eigenvalue weighted by Crippen LogP contribution is 2.37. The van der Waals surface area contributed by atoms with Crippen LogP contribution in [0.2, 0.25) is 0 Å². The van der Waals surface area contributed by atoms with Gasteiger partial charge in [0.05, 0.1) is 5.60 Å². The van der Waals surface area contributed by atoms with Crippen LogP contribution in [-0.4, -0.2) is 22.2 Å². The second-order valence-electron chi connectivity index (χ2n) is 4.72. The molecular weight excluding hydrogens is 180 g/mol. The van der Waals surface area contributed by atoms with Crippen molar-refractivity contribution in [2.24, 2.45) is 5.92 Å². The number of aliphatic hydroxyl groups is 1. The predicted molar refractivity (Wildman–Crippen MR) is 58.1 cm³/mol. The van der Waals surface area contributed by atoms with E-state index >= 15 is 0 Å². The fourth-order valence-corrected chi connectivity index (χ4v) is 3.98. The molecule has 0 bridgehead atoms. The Bertz CT molecular complexity index is 157. The molecule has 76 valence electrons. The molecule has 1 heterocycles. The van der Waals surface area contributed by atoms with Crippen molar-refractivity contribution in [2.75, 3.05) is 11.5 Å². The summed E-state index contributed by atoms with van der Waals surface area (Å²) in [5.41, 5.74) is -0.270. The van der Waals surface area contributed by atoms with Crippen LogP contribution in [0, 0.1) is 5.92 Å². The topological polar surface area (TPSA) is 20.2 Å². The lowest BCUT2D eigenvalue weighted by molar-refractivity contribution is -0.0149. The van der Waals surface area contributed by atoms with Gasteiger partial charge in [-0.1, -0.05) is 19.3 Å². The van der Waals surface area contributed by atoms with Gasteiger partial charge in [-0.3, -0.25) is 0 Å². The van der Waals surface area contributed by atoms with E-state index in [4.69, 9.17) is 0 Å². The van der Waals surface area contributed by atoms with Crippen molar-refractivity contribution in [3.63, 3.8) is 0 Å². The third-order valence-corrected chi connectivity index (χ3v) is 4.71. The van der Waals surface area contributed by atoms with Crippen molar-refractivity contribution < 1.29 is 5.11 Å². The van der Waals surface area contributed by atoms with E-state index in [-0.39, 0.29) is 5.60 Å². The Kier molecular flexibility index (Phi) is 3.20. The van der Waals surface area contributed by atoms with E-state index < -0.39 is 0 Å². The Morgan fingerprint density at radius 1 is 1.23 bits per heavy atom. The molecular formula is C11H20OS. The fourth-order valence-electron chi connectivity index (χ4n) is 2.70. The normalized spacial score (nSPS) is 33.5. The molecule has 1 aliphatic carbocycles. The van der Waals surface area contributed by atoms with Gasteiger partial charge in [-0.05, 0) is 43.1 Å². The van der Waals surface area contributed by atoms with Crippen LogP contribution in [0.15, 0.2) is 0 Å². The largest absolute Gasteiger partial charge is 0.390 e. The van der Waals surface area contributed by atoms with Crippen LogP contribution in [0.4, 0.5) is 0 Å². The van der Waals surface area contributed by atoms with E-state index in [0.29, 0.717) is 0 Å². The van der Waals surface area contributed by atoms with E-state index in [1.807, 2.05) is 0 Å². The number of thioether (sulfide) groups is 1. The number of rotatable bonds is 2. The Balaban J connectivity index is 1.83. The van der Waals surface area contributed by atoms with Crippen molar-refractivity contribution in [3.05, 3.63) is 0 Å². The molecule has 0 amide bonds. The maximum Gasteiger partial charge on any atom is 0.0650 e. The first kappa shape index (κ1) is 9.85. The molecule has 1 atom stereocenters. The lowest BCUT2D eigenvalue weighted by Crippen LogP contribution is -2.33. The molecule has 1 saturated heterocycles. The monoisotopic (exact) mass is 200 g/mol. The molecule has 2 heteroatoms. The molecule has 13 heavy (non-hydrogen) atoms. The number of hydrogen-bond donors (Lipinski definition) is 1. The van der Waals surface area contributed by atoms with Gasteiger partial charge in [0.2, 0.25) is 0 Å². The molecule has 2 aliphatic rings. The van der Waals surface area contributed by atoms with Crippen LogP contribution in [-0.2, 0) is 0 Å². The minimum atomic E-state index is -0.270. The van der Waals surface area contributed by atoms with Gasteiger partial charge < -0.3 is 5.11 Å². The quantitative estimate of drug-likeness (QED) is 0.739. The van der Waals surface area contributed by atoms with Crippen LogP contribution in [0.5, 0.6) is 0 Å². The molecule has 0 aromatic rings. The molecule has 1 unspecified atom stereocenters. The van der Waals surface area contributed by atoms with E-state index in [0.717, 1.165) is 25.2 Å². The summed E-state index contributed by atoms with van der Waals surface area (Å²) in [5, 5.41) is 10.3. The van der Waals surface area contributed by atoms with Crippen LogP contribution < -0.4 is 0 Å². The summed E-state index contributed by atoms with van der Waals surface area (Å²) in [7, 11) is 0. The van der Waals surface area contributed by atoms with Gasteiger partial charge in [-0.2, -0.15) is 11.8 Å². The SMILES string of the molecule is OC1(CC2CCSC2)CCCCC1. The van der Waals surface area contributed by atoms with Crippen molar-refractivity contribution in [1.29, 1.82) is 0 Å². The van der Waals surface area contributed by atoms with E-state index in [1.54, 1.807) is 0 Å². The smallest absolute Gasteiger partial charge is 0.0650 e. The minimum absolute atomic E-state index is 0.270. The van der Waals surface area contributed by atoms with Gasteiger partial charge >= 0.3 is 0 Å². The Morgan fingerprint density at radius 2 is 2.00 bits per heavy atom. The average molecular weight is 200 g/mol. The van der Waals surface area contributed by atoms with E-state index in [2.05, 4.69) is 11.8 Å². The fraction of sp³-hybridized carbons (Fsp3) is 1.00. The van der Waals surface area contributed by atoms with E-state index in [9.17, 15) is 5.11 Å². The number of hydrogen-bond acceptors (Lipinski definition) is 2. The Morgan fingerprint density at radius 3 is 2.62 bits per heavy atom. The van der Waals surface area contributed by atoms with Crippen molar-refractivity contribution in [3.8, 4) is 0 Å². The van der Waals surface area contributed by atoms with Crippen molar-refractivity contribution in [1.82, 2.24) is 0 Å². The van der Waals surface area contributed by atoms with Gasteiger partial charge in [0, 0.05) is 0 Å². The molecule has 2 rings (SSSR count). The lowest BCUT2D eigenvalue weighted by Gasteiger charge is -2.34. The molecule has 1 saturated carbocycles. The summed E-state index contributed by atoms with van der Waals surface area (Å²) >= 11 is 2.06. The zero-order valence-corrected chi connectivity index (χ0v) is 9.11. The van der Waals surface area contributed by atoms with Gasteiger partial charge in [0.15, 0.2) is 0 Å². The Labute approximate surface area is 85.3 Å². The third-order valence-electron chi connectivity index (χ3n) is 3.48. The second kappa shape index (κ2) is 4.22. The Hall–Kier alpha value is 0.310. The first-order valence-electron chi connectivity index (χ1n) is 5.59. The summed E-state index contributed by atoms with van der Waals surface area (Å²) in [5.74, 6) is 3.43. The zero-order valence-electron chi connectivity index (χ0n) is 8.30. The van der Waals surface area contributed by atoms with Gasteiger partial charge in [-0.25, -0.2) is 0 Å². The summed E-state index contributed by atoms with van der Waals surface area (Å²) in [6.45, 7) is 0. The molecule has 1 nitrogen and oxygen atoms in total. The molecule has 1 aliphatic heterocycles. The highest BCUT2D eigenvalue weighted by atomic mass is 32.2. The zero-order chi connectivity index (χ0) is 9.15. The van der Waals surface area contributed by atoms with Gasteiger partial charge in [0.25, 0.3) is 0 Å². The van der Waals surface area contributed by atoms with Crippen molar-refractivity contribution in [2.45, 2.75) is 50.5 Å². The molecule has 1 N–H and O–H groups in total. The van der Waals surface area contributed by atoms with Gasteiger partial charge in [0.1, 0.15) is 0 Å². The molecule has 2 fully saturated rings. The summed E-state index contributed by atoms with van der Waals surface area (Å²) in [6.07, 6.45) is 8.38. The predicted octanol–water partition coefficient (Wildman–Crippen LogP) is 2.82. The standard InChI is InChI=1S/C11H20OS/c12-11(5-2-1-3-6-11)8-10-4-7-13-9-10/h10,12H,1-9H2. The van der Waals surface area contributed by atoms with Crippen LogP contribution >= 0.6 is 11.8 Å². The lowest BCUT2D eigenvalue weighted by atomic mass is 9.78. The minimum Gasteiger partial charge on any atom is -0.390 e. The molecule has 0 radical (unpaired) electrons. The molecule has 0 aromatic heterocycles. The average Bonchev–Trinajstić information content (AvgIpc) is 2.57. The van der Waals surface area contributed by atoms with E-state index in [1.165, 1.54) is 37.2 Å². The molecule has 0 aromatic carbocycles. The first-order valence-corrected chi connectivity index (χ1v) is 6.74. The highest BCUT2D eigenvalue weighted by Gasteiger charge is 2.32. The third kappa shape index (κ3) is 2.63.